The first kappa shape index (κ1) is 13.3. The lowest BCUT2D eigenvalue weighted by Gasteiger charge is -2.14. The van der Waals surface area contributed by atoms with Gasteiger partial charge in [0.05, 0.1) is 21.3 Å². The molecule has 15 heavy (non-hydrogen) atoms. The Kier molecular flexibility index (Phi) is 5.36. The van der Waals surface area contributed by atoms with Gasteiger partial charge in [-0.3, -0.25) is 0 Å². The van der Waals surface area contributed by atoms with Crippen molar-refractivity contribution in [3.63, 3.8) is 0 Å². The van der Waals surface area contributed by atoms with Crippen molar-refractivity contribution in [3.8, 4) is 0 Å². The molecule has 1 N–H and O–H groups in total. The highest BCUT2D eigenvalue weighted by molar-refractivity contribution is 7.20. The minimum Gasteiger partial charge on any atom is -0.301 e. The Morgan fingerprint density at radius 2 is 2.07 bits per heavy atom. The molecule has 0 aliphatic heterocycles. The van der Waals surface area contributed by atoms with E-state index in [2.05, 4.69) is 19.3 Å². The largest absolute Gasteiger partial charge is 0.301 e. The van der Waals surface area contributed by atoms with Gasteiger partial charge in [0.1, 0.15) is 0 Å². The minimum atomic E-state index is 0.0556. The fraction of sp³-hybridized carbons (Fsp3) is 0.600. The van der Waals surface area contributed by atoms with Crippen LogP contribution in [-0.4, -0.2) is 6.61 Å². The zero-order valence-electron chi connectivity index (χ0n) is 9.01. The van der Waals surface area contributed by atoms with E-state index in [4.69, 9.17) is 28.0 Å². The summed E-state index contributed by atoms with van der Waals surface area (Å²) in [6.07, 6.45) is 0. The van der Waals surface area contributed by atoms with E-state index in [1.54, 1.807) is 0 Å². The van der Waals surface area contributed by atoms with Gasteiger partial charge in [-0.1, -0.05) is 37.0 Å². The van der Waals surface area contributed by atoms with Crippen molar-refractivity contribution in [2.45, 2.75) is 26.8 Å². The third-order valence-electron chi connectivity index (χ3n) is 1.83. The number of nitrogens with one attached hydrogen (secondary N) is 1. The first-order chi connectivity index (χ1) is 7.00. The van der Waals surface area contributed by atoms with Crippen molar-refractivity contribution in [2.75, 3.05) is 6.61 Å². The van der Waals surface area contributed by atoms with E-state index < -0.39 is 0 Å². The lowest BCUT2D eigenvalue weighted by molar-refractivity contribution is 0.00419. The SMILES string of the molecule is CC(C)CONC(C)c1cc(Cl)sc1Cl. The van der Waals surface area contributed by atoms with E-state index in [1.165, 1.54) is 11.3 Å². The Morgan fingerprint density at radius 3 is 2.53 bits per heavy atom. The van der Waals surface area contributed by atoms with Crippen molar-refractivity contribution in [3.05, 3.63) is 20.3 Å². The molecule has 0 fully saturated rings. The summed E-state index contributed by atoms with van der Waals surface area (Å²) in [6, 6.07) is 1.92. The van der Waals surface area contributed by atoms with Gasteiger partial charge in [-0.25, -0.2) is 0 Å². The topological polar surface area (TPSA) is 21.3 Å². The van der Waals surface area contributed by atoms with Crippen LogP contribution in [0.2, 0.25) is 8.67 Å². The van der Waals surface area contributed by atoms with E-state index in [0.29, 0.717) is 21.2 Å². The lowest BCUT2D eigenvalue weighted by Crippen LogP contribution is -2.21. The molecule has 5 heteroatoms. The second-order valence-electron chi connectivity index (χ2n) is 3.82. The number of thiophene rings is 1. The molecule has 86 valence electrons. The molecule has 0 bridgehead atoms. The highest BCUT2D eigenvalue weighted by atomic mass is 35.5. The molecule has 1 aromatic rings. The zero-order valence-corrected chi connectivity index (χ0v) is 11.3. The summed E-state index contributed by atoms with van der Waals surface area (Å²) in [4.78, 5) is 5.33. The fourth-order valence-electron chi connectivity index (χ4n) is 1.05. The summed E-state index contributed by atoms with van der Waals surface area (Å²) in [5.41, 5.74) is 3.93. The molecule has 1 rings (SSSR count). The first-order valence-corrected chi connectivity index (χ1v) is 6.40. The van der Waals surface area contributed by atoms with Crippen LogP contribution in [0.5, 0.6) is 0 Å². The molecule has 2 nitrogen and oxygen atoms in total. The molecule has 0 saturated carbocycles. The van der Waals surface area contributed by atoms with E-state index in [-0.39, 0.29) is 6.04 Å². The summed E-state index contributed by atoms with van der Waals surface area (Å²) in [5.74, 6) is 0.506. The number of hydrogen-bond acceptors (Lipinski definition) is 3. The first-order valence-electron chi connectivity index (χ1n) is 4.82. The van der Waals surface area contributed by atoms with Gasteiger partial charge in [0.2, 0.25) is 0 Å². The predicted molar refractivity (Wildman–Crippen MR) is 66.7 cm³/mol. The second kappa shape index (κ2) is 6.06. The molecule has 1 heterocycles. The van der Waals surface area contributed by atoms with Crippen molar-refractivity contribution in [1.82, 2.24) is 5.48 Å². The monoisotopic (exact) mass is 267 g/mol. The molecule has 1 atom stereocenters. The Bertz CT molecular complexity index is 314. The van der Waals surface area contributed by atoms with Crippen LogP contribution in [0.15, 0.2) is 6.07 Å². The lowest BCUT2D eigenvalue weighted by atomic mass is 10.2. The van der Waals surface area contributed by atoms with Gasteiger partial charge >= 0.3 is 0 Å². The Hall–Kier alpha value is 0.200. The van der Waals surface area contributed by atoms with Crippen LogP contribution >= 0.6 is 34.5 Å². The average molecular weight is 268 g/mol. The van der Waals surface area contributed by atoms with Crippen molar-refractivity contribution < 1.29 is 4.84 Å². The van der Waals surface area contributed by atoms with Crippen LogP contribution in [0.4, 0.5) is 0 Å². The van der Waals surface area contributed by atoms with Crippen LogP contribution in [-0.2, 0) is 4.84 Å². The zero-order chi connectivity index (χ0) is 11.4. The average Bonchev–Trinajstić information content (AvgIpc) is 2.44. The van der Waals surface area contributed by atoms with Gasteiger partial charge in [-0.05, 0) is 18.9 Å². The van der Waals surface area contributed by atoms with E-state index in [0.717, 1.165) is 5.56 Å². The molecule has 0 radical (unpaired) electrons. The molecular formula is C10H15Cl2NOS. The molecule has 0 amide bonds. The summed E-state index contributed by atoms with van der Waals surface area (Å²) in [7, 11) is 0. The van der Waals surface area contributed by atoms with E-state index >= 15 is 0 Å². The number of hydroxylamine groups is 1. The van der Waals surface area contributed by atoms with Crippen LogP contribution < -0.4 is 5.48 Å². The fourth-order valence-corrected chi connectivity index (χ4v) is 2.70. The normalized spacial score (nSPS) is 13.5. The second-order valence-corrected chi connectivity index (χ2v) is 6.11. The Morgan fingerprint density at radius 1 is 1.40 bits per heavy atom. The third-order valence-corrected chi connectivity index (χ3v) is 3.34. The Balaban J connectivity index is 2.46. The standard InChI is InChI=1S/C10H15Cl2NOS/c1-6(2)5-14-13-7(3)8-4-9(11)15-10(8)12/h4,6-7,13H,5H2,1-3H3. The maximum Gasteiger partial charge on any atom is 0.0992 e. The van der Waals surface area contributed by atoms with Crippen LogP contribution in [0, 0.1) is 5.92 Å². The van der Waals surface area contributed by atoms with Gasteiger partial charge in [-0.2, -0.15) is 5.48 Å². The predicted octanol–water partition coefficient (Wildman–Crippen LogP) is 4.29. The highest BCUT2D eigenvalue weighted by Gasteiger charge is 2.13. The molecule has 0 saturated heterocycles. The summed E-state index contributed by atoms with van der Waals surface area (Å²) < 4.78 is 1.42. The summed E-state index contributed by atoms with van der Waals surface area (Å²) in [5, 5.41) is 0. The molecular weight excluding hydrogens is 253 g/mol. The molecule has 0 aromatic carbocycles. The van der Waals surface area contributed by atoms with E-state index in [9.17, 15) is 0 Å². The van der Waals surface area contributed by atoms with E-state index in [1.807, 2.05) is 13.0 Å². The summed E-state index contributed by atoms with van der Waals surface area (Å²) in [6.45, 7) is 6.87. The number of halogens is 2. The Labute approximate surface area is 104 Å². The molecule has 0 spiro atoms. The van der Waals surface area contributed by atoms with Gasteiger partial charge in [0.25, 0.3) is 0 Å². The van der Waals surface area contributed by atoms with Crippen molar-refractivity contribution in [2.24, 2.45) is 5.92 Å². The van der Waals surface area contributed by atoms with Gasteiger partial charge < -0.3 is 4.84 Å². The maximum absolute atomic E-state index is 6.02. The van der Waals surface area contributed by atoms with Crippen LogP contribution in [0.1, 0.15) is 32.4 Å². The third kappa shape index (κ3) is 4.29. The van der Waals surface area contributed by atoms with Crippen LogP contribution in [0.3, 0.4) is 0 Å². The quantitative estimate of drug-likeness (QED) is 0.804. The number of rotatable bonds is 5. The molecule has 0 aliphatic carbocycles. The van der Waals surface area contributed by atoms with Gasteiger partial charge in [0, 0.05) is 5.56 Å². The molecule has 0 aliphatic rings. The van der Waals surface area contributed by atoms with Crippen molar-refractivity contribution in [1.29, 1.82) is 0 Å². The van der Waals surface area contributed by atoms with Crippen molar-refractivity contribution >= 4 is 34.5 Å². The maximum atomic E-state index is 6.02. The van der Waals surface area contributed by atoms with Crippen LogP contribution in [0.25, 0.3) is 0 Å². The highest BCUT2D eigenvalue weighted by Crippen LogP contribution is 2.34. The minimum absolute atomic E-state index is 0.0556. The molecule has 1 unspecified atom stereocenters. The van der Waals surface area contributed by atoms with Gasteiger partial charge in [0.15, 0.2) is 0 Å². The number of hydrogen-bond donors (Lipinski definition) is 1. The van der Waals surface area contributed by atoms with Gasteiger partial charge in [-0.15, -0.1) is 11.3 Å². The summed E-state index contributed by atoms with van der Waals surface area (Å²) >= 11 is 13.3. The smallest absolute Gasteiger partial charge is 0.0992 e. The molecule has 1 aromatic heterocycles.